The van der Waals surface area contributed by atoms with E-state index < -0.39 is 0 Å². The number of nitrogens with zero attached hydrogens (tertiary/aromatic N) is 3. The van der Waals surface area contributed by atoms with Crippen molar-refractivity contribution in [2.75, 3.05) is 24.4 Å². The van der Waals surface area contributed by atoms with Crippen molar-refractivity contribution < 1.29 is 9.53 Å². The van der Waals surface area contributed by atoms with Gasteiger partial charge in [0.15, 0.2) is 0 Å². The lowest BCUT2D eigenvalue weighted by atomic mass is 10.1. The first kappa shape index (κ1) is 21.0. The van der Waals surface area contributed by atoms with Crippen molar-refractivity contribution in [2.45, 2.75) is 13.1 Å². The van der Waals surface area contributed by atoms with Crippen molar-refractivity contribution in [3.8, 4) is 0 Å². The molecule has 2 heterocycles. The van der Waals surface area contributed by atoms with Gasteiger partial charge in [-0.05, 0) is 64.0 Å². The van der Waals surface area contributed by atoms with Crippen molar-refractivity contribution in [3.63, 3.8) is 0 Å². The number of anilines is 2. The molecule has 31 heavy (non-hydrogen) atoms. The van der Waals surface area contributed by atoms with Crippen LogP contribution in [0.15, 0.2) is 71.6 Å². The van der Waals surface area contributed by atoms with Gasteiger partial charge in [-0.3, -0.25) is 9.48 Å². The Kier molecular flexibility index (Phi) is 6.59. The van der Waals surface area contributed by atoms with Gasteiger partial charge < -0.3 is 15.4 Å². The molecule has 7 nitrogen and oxygen atoms in total. The number of pyridine rings is 1. The van der Waals surface area contributed by atoms with Gasteiger partial charge in [0.2, 0.25) is 0 Å². The van der Waals surface area contributed by atoms with Crippen LogP contribution < -0.4 is 10.6 Å². The minimum absolute atomic E-state index is 0.179. The van der Waals surface area contributed by atoms with Crippen LogP contribution in [0.3, 0.4) is 0 Å². The summed E-state index contributed by atoms with van der Waals surface area (Å²) < 4.78 is 7.80. The summed E-state index contributed by atoms with van der Waals surface area (Å²) in [5, 5.41) is 11.8. The van der Waals surface area contributed by atoms with Gasteiger partial charge in [0, 0.05) is 36.6 Å². The molecule has 0 aliphatic carbocycles. The van der Waals surface area contributed by atoms with Crippen molar-refractivity contribution in [2.24, 2.45) is 0 Å². The maximum absolute atomic E-state index is 13.0. The normalized spacial score (nSPS) is 10.9. The van der Waals surface area contributed by atoms with Crippen LogP contribution in [-0.4, -0.2) is 34.4 Å². The van der Waals surface area contributed by atoms with Crippen LogP contribution in [-0.2, 0) is 17.8 Å². The second-order valence-corrected chi connectivity index (χ2v) is 7.79. The lowest BCUT2D eigenvalue weighted by Gasteiger charge is -2.13. The Labute approximate surface area is 188 Å². The molecule has 0 aliphatic heterocycles. The molecule has 8 heteroatoms. The zero-order valence-corrected chi connectivity index (χ0v) is 18.6. The van der Waals surface area contributed by atoms with Crippen LogP contribution in [0.4, 0.5) is 11.4 Å². The number of hydrogen-bond acceptors (Lipinski definition) is 5. The van der Waals surface area contributed by atoms with E-state index in [0.717, 1.165) is 26.8 Å². The number of fused-ring (bicyclic) bond motifs is 1. The van der Waals surface area contributed by atoms with E-state index in [-0.39, 0.29) is 5.91 Å². The van der Waals surface area contributed by atoms with Crippen molar-refractivity contribution in [1.82, 2.24) is 14.8 Å². The number of halogens is 1. The highest BCUT2D eigenvalue weighted by atomic mass is 79.9. The van der Waals surface area contributed by atoms with Crippen molar-refractivity contribution in [3.05, 3.63) is 82.7 Å². The quantitative estimate of drug-likeness (QED) is 0.357. The van der Waals surface area contributed by atoms with E-state index in [4.69, 9.17) is 4.74 Å². The molecule has 4 aromatic rings. The second kappa shape index (κ2) is 9.72. The van der Waals surface area contributed by atoms with Gasteiger partial charge >= 0.3 is 0 Å². The molecule has 0 aliphatic rings. The summed E-state index contributed by atoms with van der Waals surface area (Å²) in [4.78, 5) is 17.2. The van der Waals surface area contributed by atoms with Gasteiger partial charge in [-0.1, -0.05) is 12.1 Å². The molecule has 158 valence electrons. The van der Waals surface area contributed by atoms with Crippen molar-refractivity contribution >= 4 is 44.1 Å². The summed E-state index contributed by atoms with van der Waals surface area (Å²) in [5.74, 6) is -0.179. The molecule has 0 fully saturated rings. The van der Waals surface area contributed by atoms with Crippen LogP contribution in [0, 0.1) is 0 Å². The predicted molar refractivity (Wildman–Crippen MR) is 125 cm³/mol. The van der Waals surface area contributed by atoms with E-state index in [1.54, 1.807) is 13.3 Å². The fourth-order valence-electron chi connectivity index (χ4n) is 3.29. The Bertz CT molecular complexity index is 1210. The monoisotopic (exact) mass is 479 g/mol. The van der Waals surface area contributed by atoms with Gasteiger partial charge in [-0.25, -0.2) is 4.98 Å². The average Bonchev–Trinajstić information content (AvgIpc) is 3.18. The SMILES string of the molecule is COCCn1ncc2ccc(NC(=O)c3ccccc3NCc3ccnc(Br)c3)cc21. The zero-order chi connectivity index (χ0) is 21.6. The first-order valence-electron chi connectivity index (χ1n) is 9.83. The largest absolute Gasteiger partial charge is 0.383 e. The van der Waals surface area contributed by atoms with Crippen LogP contribution in [0.5, 0.6) is 0 Å². The molecule has 2 aromatic heterocycles. The third-order valence-corrected chi connectivity index (χ3v) is 5.29. The standard InChI is InChI=1S/C23H22BrN5O2/c1-31-11-10-29-21-13-18(7-6-17(21)15-27-29)28-23(30)19-4-2-3-5-20(19)26-14-16-8-9-25-22(24)12-16/h2-9,12-13,15,26H,10-11,14H2,1H3,(H,28,30). The Morgan fingerprint density at radius 1 is 1.16 bits per heavy atom. The number of carbonyl (C=O) groups excluding carboxylic acids is 1. The van der Waals surface area contributed by atoms with E-state index in [1.807, 2.05) is 65.5 Å². The lowest BCUT2D eigenvalue weighted by Crippen LogP contribution is -2.15. The van der Waals surface area contributed by atoms with Crippen molar-refractivity contribution in [1.29, 1.82) is 0 Å². The summed E-state index contributed by atoms with van der Waals surface area (Å²) in [6.07, 6.45) is 3.56. The Hall–Kier alpha value is -3.23. The van der Waals surface area contributed by atoms with Crippen LogP contribution in [0.1, 0.15) is 15.9 Å². The topological polar surface area (TPSA) is 81.1 Å². The third-order valence-electron chi connectivity index (χ3n) is 4.86. The van der Waals surface area contributed by atoms with Crippen LogP contribution in [0.25, 0.3) is 10.9 Å². The summed E-state index contributed by atoms with van der Waals surface area (Å²) in [7, 11) is 1.66. The fourth-order valence-corrected chi connectivity index (χ4v) is 3.70. The molecule has 4 rings (SSSR count). The third kappa shape index (κ3) is 5.10. The minimum atomic E-state index is -0.179. The maximum atomic E-state index is 13.0. The molecular weight excluding hydrogens is 458 g/mol. The van der Waals surface area contributed by atoms with E-state index in [1.165, 1.54) is 0 Å². The Morgan fingerprint density at radius 2 is 2.03 bits per heavy atom. The summed E-state index contributed by atoms with van der Waals surface area (Å²) >= 11 is 3.38. The Balaban J connectivity index is 1.51. The second-order valence-electron chi connectivity index (χ2n) is 6.97. The Morgan fingerprint density at radius 3 is 2.87 bits per heavy atom. The number of aromatic nitrogens is 3. The minimum Gasteiger partial charge on any atom is -0.383 e. The molecule has 0 bridgehead atoms. The molecular formula is C23H22BrN5O2. The van der Waals surface area contributed by atoms with Gasteiger partial charge in [-0.2, -0.15) is 5.10 Å². The van der Waals surface area contributed by atoms with E-state index >= 15 is 0 Å². The summed E-state index contributed by atoms with van der Waals surface area (Å²) in [6, 6.07) is 17.1. The number of para-hydroxylation sites is 1. The lowest BCUT2D eigenvalue weighted by molar-refractivity contribution is 0.102. The number of carbonyl (C=O) groups is 1. The number of ether oxygens (including phenoxy) is 1. The van der Waals surface area contributed by atoms with Crippen LogP contribution >= 0.6 is 15.9 Å². The van der Waals surface area contributed by atoms with Gasteiger partial charge in [-0.15, -0.1) is 0 Å². The molecule has 2 aromatic carbocycles. The van der Waals surface area contributed by atoms with E-state index in [0.29, 0.717) is 30.9 Å². The molecule has 0 radical (unpaired) electrons. The highest BCUT2D eigenvalue weighted by Crippen LogP contribution is 2.22. The zero-order valence-electron chi connectivity index (χ0n) is 17.0. The highest BCUT2D eigenvalue weighted by Gasteiger charge is 2.12. The van der Waals surface area contributed by atoms with Gasteiger partial charge in [0.05, 0.1) is 30.4 Å². The van der Waals surface area contributed by atoms with Crippen LogP contribution in [0.2, 0.25) is 0 Å². The van der Waals surface area contributed by atoms with E-state index in [2.05, 4.69) is 36.6 Å². The molecule has 0 saturated carbocycles. The first-order valence-corrected chi connectivity index (χ1v) is 10.6. The molecule has 2 N–H and O–H groups in total. The smallest absolute Gasteiger partial charge is 0.257 e. The molecule has 0 spiro atoms. The van der Waals surface area contributed by atoms with Gasteiger partial charge in [0.25, 0.3) is 5.91 Å². The van der Waals surface area contributed by atoms with Gasteiger partial charge in [0.1, 0.15) is 4.60 Å². The summed E-state index contributed by atoms with van der Waals surface area (Å²) in [6.45, 7) is 1.80. The fraction of sp³-hybridized carbons (Fsp3) is 0.174. The number of rotatable bonds is 8. The number of methoxy groups -OCH3 is 1. The summed E-state index contributed by atoms with van der Waals surface area (Å²) in [5.41, 5.74) is 4.06. The number of amides is 1. The average molecular weight is 480 g/mol. The number of nitrogens with one attached hydrogen (secondary N) is 2. The predicted octanol–water partition coefficient (Wildman–Crippen LogP) is 4.70. The van der Waals surface area contributed by atoms with E-state index in [9.17, 15) is 4.79 Å². The molecule has 0 unspecified atom stereocenters. The first-order chi connectivity index (χ1) is 15.1. The maximum Gasteiger partial charge on any atom is 0.257 e. The molecule has 0 atom stereocenters. The molecule has 0 saturated heterocycles. The number of benzene rings is 2. The highest BCUT2D eigenvalue weighted by molar-refractivity contribution is 9.10. The molecule has 1 amide bonds. The number of hydrogen-bond donors (Lipinski definition) is 2.